The molecule has 0 saturated carbocycles. The normalized spacial score (nSPS) is 19.1. The van der Waals surface area contributed by atoms with Gasteiger partial charge in [-0.25, -0.2) is 15.0 Å². The van der Waals surface area contributed by atoms with Gasteiger partial charge in [0, 0.05) is 49.9 Å². The minimum Gasteiger partial charge on any atom is -0.372 e. The van der Waals surface area contributed by atoms with Crippen molar-refractivity contribution in [3.05, 3.63) is 40.0 Å². The lowest BCUT2D eigenvalue weighted by atomic mass is 10.2. The number of nitrogens with one attached hydrogen (secondary N) is 2. The lowest BCUT2D eigenvalue weighted by molar-refractivity contribution is -0.00545. The molecule has 0 spiro atoms. The van der Waals surface area contributed by atoms with Crippen LogP contribution in [-0.2, 0) is 24.1 Å². The smallest absolute Gasteiger partial charge is 0.191 e. The third-order valence-electron chi connectivity index (χ3n) is 4.90. The van der Waals surface area contributed by atoms with Crippen molar-refractivity contribution in [2.24, 2.45) is 4.99 Å². The third kappa shape index (κ3) is 8.19. The van der Waals surface area contributed by atoms with Gasteiger partial charge in [-0.05, 0) is 38.8 Å². The Morgan fingerprint density at radius 1 is 1.16 bits per heavy atom. The maximum absolute atomic E-state index is 5.81. The van der Waals surface area contributed by atoms with Crippen molar-refractivity contribution in [2.45, 2.75) is 59.3 Å². The van der Waals surface area contributed by atoms with Crippen LogP contribution in [0.3, 0.4) is 0 Å². The number of aromatic nitrogens is 2. The number of pyridine rings is 1. The number of ether oxygens (including phenoxy) is 1. The summed E-state index contributed by atoms with van der Waals surface area (Å²) in [4.78, 5) is 17.5. The lowest BCUT2D eigenvalue weighted by Crippen LogP contribution is -2.45. The molecule has 2 atom stereocenters. The zero-order chi connectivity index (χ0) is 21.3. The Balaban J connectivity index is 0.00000341. The molecule has 7 nitrogen and oxygen atoms in total. The van der Waals surface area contributed by atoms with E-state index in [1.165, 1.54) is 9.88 Å². The summed E-state index contributed by atoms with van der Waals surface area (Å²) < 4.78 is 5.81. The van der Waals surface area contributed by atoms with Crippen LogP contribution < -0.4 is 15.5 Å². The molecule has 2 unspecified atom stereocenters. The summed E-state index contributed by atoms with van der Waals surface area (Å²) in [5, 5.41) is 7.88. The summed E-state index contributed by atoms with van der Waals surface area (Å²) in [5.41, 5.74) is 1.10. The Hall–Kier alpha value is -1.46. The van der Waals surface area contributed by atoms with Gasteiger partial charge in [0.1, 0.15) is 5.82 Å². The molecule has 172 valence electrons. The number of nitrogens with zero attached hydrogens (tertiary/aromatic N) is 4. The van der Waals surface area contributed by atoms with Crippen LogP contribution in [0, 0.1) is 0 Å². The van der Waals surface area contributed by atoms with Crippen LogP contribution in [0.4, 0.5) is 5.82 Å². The molecule has 0 amide bonds. The molecule has 31 heavy (non-hydrogen) atoms. The molecule has 2 aromatic heterocycles. The SMILES string of the molecule is CCNC(=NCc1ccc(N2CC(C)OC(C)C2)nc1)NCCc1ncc(CC)s1.I. The fraction of sp³-hybridized carbons (Fsp3) is 0.591. The van der Waals surface area contributed by atoms with E-state index >= 15 is 0 Å². The predicted molar refractivity (Wildman–Crippen MR) is 140 cm³/mol. The Kier molecular flexibility index (Phi) is 11.0. The van der Waals surface area contributed by atoms with Crippen molar-refractivity contribution in [3.63, 3.8) is 0 Å². The first kappa shape index (κ1) is 25.8. The number of thiazole rings is 1. The van der Waals surface area contributed by atoms with E-state index in [1.54, 1.807) is 11.3 Å². The van der Waals surface area contributed by atoms with Gasteiger partial charge in [0.05, 0.1) is 23.8 Å². The van der Waals surface area contributed by atoms with E-state index in [9.17, 15) is 0 Å². The van der Waals surface area contributed by atoms with Crippen LogP contribution >= 0.6 is 35.3 Å². The number of anilines is 1. The van der Waals surface area contributed by atoms with Gasteiger partial charge in [0.15, 0.2) is 5.96 Å². The molecule has 3 heterocycles. The zero-order valence-corrected chi connectivity index (χ0v) is 22.1. The minimum absolute atomic E-state index is 0. The minimum atomic E-state index is 0. The van der Waals surface area contributed by atoms with Crippen LogP contribution in [0.25, 0.3) is 0 Å². The van der Waals surface area contributed by atoms with Crippen molar-refractivity contribution in [1.82, 2.24) is 20.6 Å². The highest BCUT2D eigenvalue weighted by Gasteiger charge is 2.22. The van der Waals surface area contributed by atoms with Crippen molar-refractivity contribution in [2.75, 3.05) is 31.1 Å². The second-order valence-electron chi connectivity index (χ2n) is 7.63. The standard InChI is InChI=1S/C22H34N6OS.HI/c1-5-19-13-26-21(30-19)9-10-24-22(23-6-2)27-12-18-7-8-20(25-11-18)28-14-16(3)29-17(4)15-28;/h7-8,11,13,16-17H,5-6,9-10,12,14-15H2,1-4H3,(H2,23,24,27);1H. The molecule has 1 aliphatic heterocycles. The number of halogens is 1. The average molecular weight is 559 g/mol. The van der Waals surface area contributed by atoms with Gasteiger partial charge in [-0.2, -0.15) is 0 Å². The Labute approximate surface area is 207 Å². The monoisotopic (exact) mass is 558 g/mol. The molecule has 2 N–H and O–H groups in total. The maximum atomic E-state index is 5.81. The van der Waals surface area contributed by atoms with Crippen molar-refractivity contribution in [3.8, 4) is 0 Å². The zero-order valence-electron chi connectivity index (χ0n) is 18.9. The number of hydrogen-bond donors (Lipinski definition) is 2. The first-order chi connectivity index (χ1) is 14.6. The molecule has 0 bridgehead atoms. The molecule has 0 aromatic carbocycles. The van der Waals surface area contributed by atoms with E-state index in [0.717, 1.165) is 56.4 Å². The molecule has 3 rings (SSSR count). The third-order valence-corrected chi connectivity index (χ3v) is 6.10. The molecule has 1 aliphatic rings. The van der Waals surface area contributed by atoms with Crippen LogP contribution in [0.15, 0.2) is 29.5 Å². The highest BCUT2D eigenvalue weighted by atomic mass is 127. The molecule has 2 aromatic rings. The van der Waals surface area contributed by atoms with E-state index in [1.807, 2.05) is 12.4 Å². The highest BCUT2D eigenvalue weighted by molar-refractivity contribution is 14.0. The number of guanidine groups is 1. The van der Waals surface area contributed by atoms with Gasteiger partial charge in [-0.3, -0.25) is 0 Å². The first-order valence-corrected chi connectivity index (χ1v) is 11.7. The van der Waals surface area contributed by atoms with Crippen molar-refractivity contribution < 1.29 is 4.74 Å². The maximum Gasteiger partial charge on any atom is 0.191 e. The molecular formula is C22H35IN6OS. The summed E-state index contributed by atoms with van der Waals surface area (Å²) in [6.45, 7) is 12.4. The fourth-order valence-corrected chi connectivity index (χ4v) is 4.35. The fourth-order valence-electron chi connectivity index (χ4n) is 3.49. The molecule has 0 aliphatic carbocycles. The second kappa shape index (κ2) is 13.2. The topological polar surface area (TPSA) is 74.7 Å². The van der Waals surface area contributed by atoms with Crippen LogP contribution in [0.1, 0.15) is 43.1 Å². The van der Waals surface area contributed by atoms with Gasteiger partial charge in [0.2, 0.25) is 0 Å². The predicted octanol–water partition coefficient (Wildman–Crippen LogP) is 3.63. The Morgan fingerprint density at radius 3 is 2.55 bits per heavy atom. The summed E-state index contributed by atoms with van der Waals surface area (Å²) in [5.74, 6) is 1.83. The quantitative estimate of drug-likeness (QED) is 0.293. The van der Waals surface area contributed by atoms with E-state index in [2.05, 4.69) is 65.3 Å². The lowest BCUT2D eigenvalue weighted by Gasteiger charge is -2.36. The molecule has 1 fully saturated rings. The molecule has 0 radical (unpaired) electrons. The number of aryl methyl sites for hydroxylation is 1. The van der Waals surface area contributed by atoms with E-state index < -0.39 is 0 Å². The average Bonchev–Trinajstić information content (AvgIpc) is 3.20. The summed E-state index contributed by atoms with van der Waals surface area (Å²) in [6, 6.07) is 4.20. The van der Waals surface area contributed by atoms with Crippen LogP contribution in [0.5, 0.6) is 0 Å². The largest absolute Gasteiger partial charge is 0.372 e. The van der Waals surface area contributed by atoms with Crippen LogP contribution in [0.2, 0.25) is 0 Å². The summed E-state index contributed by atoms with van der Waals surface area (Å²) in [7, 11) is 0. The molecule has 9 heteroatoms. The molecular weight excluding hydrogens is 523 g/mol. The van der Waals surface area contributed by atoms with E-state index in [-0.39, 0.29) is 36.2 Å². The van der Waals surface area contributed by atoms with Crippen LogP contribution in [-0.4, -0.2) is 54.3 Å². The van der Waals surface area contributed by atoms with E-state index in [4.69, 9.17) is 9.73 Å². The Morgan fingerprint density at radius 2 is 1.94 bits per heavy atom. The van der Waals surface area contributed by atoms with E-state index in [0.29, 0.717) is 6.54 Å². The highest BCUT2D eigenvalue weighted by Crippen LogP contribution is 2.18. The Bertz CT molecular complexity index is 803. The van der Waals surface area contributed by atoms with Gasteiger partial charge < -0.3 is 20.3 Å². The number of aliphatic imine (C=N–C) groups is 1. The summed E-state index contributed by atoms with van der Waals surface area (Å²) in [6.07, 6.45) is 6.31. The second-order valence-corrected chi connectivity index (χ2v) is 8.83. The molecule has 1 saturated heterocycles. The van der Waals surface area contributed by atoms with Gasteiger partial charge in [-0.15, -0.1) is 35.3 Å². The van der Waals surface area contributed by atoms with Gasteiger partial charge >= 0.3 is 0 Å². The summed E-state index contributed by atoms with van der Waals surface area (Å²) >= 11 is 1.79. The number of hydrogen-bond acceptors (Lipinski definition) is 6. The van der Waals surface area contributed by atoms with Gasteiger partial charge in [-0.1, -0.05) is 13.0 Å². The number of rotatable bonds is 8. The van der Waals surface area contributed by atoms with Crippen molar-refractivity contribution in [1.29, 1.82) is 0 Å². The van der Waals surface area contributed by atoms with Crippen molar-refractivity contribution >= 4 is 47.1 Å². The van der Waals surface area contributed by atoms with Gasteiger partial charge in [0.25, 0.3) is 0 Å². The number of morpholine rings is 1. The first-order valence-electron chi connectivity index (χ1n) is 10.9.